The van der Waals surface area contributed by atoms with E-state index in [1.165, 1.54) is 0 Å². The lowest BCUT2D eigenvalue weighted by atomic mass is 10.1. The fourth-order valence-corrected chi connectivity index (χ4v) is 1.06. The summed E-state index contributed by atoms with van der Waals surface area (Å²) in [7, 11) is 0. The van der Waals surface area contributed by atoms with Gasteiger partial charge >= 0.3 is 5.97 Å². The molecule has 0 radical (unpaired) electrons. The Morgan fingerprint density at radius 2 is 1.89 bits per heavy atom. The molecule has 0 rings (SSSR count). The lowest BCUT2D eigenvalue weighted by Crippen LogP contribution is -2.43. The van der Waals surface area contributed by atoms with Crippen molar-refractivity contribution in [1.82, 2.24) is 5.32 Å². The van der Waals surface area contributed by atoms with Gasteiger partial charge in [0.2, 0.25) is 11.8 Å². The summed E-state index contributed by atoms with van der Waals surface area (Å²) in [5, 5.41) is 11.1. The van der Waals surface area contributed by atoms with Gasteiger partial charge in [-0.2, -0.15) is 0 Å². The van der Waals surface area contributed by atoms with Gasteiger partial charge < -0.3 is 20.9 Å². The number of carbonyl (C=O) groups is 3. The molecule has 1 atom stereocenters. The van der Waals surface area contributed by atoms with Crippen molar-refractivity contribution in [2.24, 2.45) is 5.73 Å². The number of nitrogens with one attached hydrogen (secondary N) is 1. The number of carboxylic acid groups (broad SMARTS) is 1. The van der Waals surface area contributed by atoms with Crippen LogP contribution in [0, 0.1) is 0 Å². The Morgan fingerprint density at radius 3 is 2.28 bits per heavy atom. The molecule has 0 fully saturated rings. The van der Waals surface area contributed by atoms with Crippen molar-refractivity contribution in [1.29, 1.82) is 0 Å². The highest BCUT2D eigenvalue weighted by Crippen LogP contribution is 2.06. The van der Waals surface area contributed by atoms with Crippen LogP contribution in [-0.2, 0) is 19.1 Å². The van der Waals surface area contributed by atoms with Crippen molar-refractivity contribution < 1.29 is 24.2 Å². The van der Waals surface area contributed by atoms with Crippen molar-refractivity contribution in [2.75, 3.05) is 6.61 Å². The van der Waals surface area contributed by atoms with Crippen LogP contribution < -0.4 is 11.1 Å². The normalized spacial score (nSPS) is 12.8. The van der Waals surface area contributed by atoms with Crippen LogP contribution in [0.1, 0.15) is 33.6 Å². The molecule has 0 saturated carbocycles. The molecule has 0 aliphatic heterocycles. The van der Waals surface area contributed by atoms with Crippen LogP contribution in [0.2, 0.25) is 0 Å². The summed E-state index contributed by atoms with van der Waals surface area (Å²) in [6.07, 6.45) is -0.136. The number of carbonyl (C=O) groups excluding carboxylic acids is 2. The van der Waals surface area contributed by atoms with E-state index in [2.05, 4.69) is 5.32 Å². The number of amides is 2. The zero-order chi connectivity index (χ0) is 14.3. The van der Waals surface area contributed by atoms with Crippen molar-refractivity contribution in [3.8, 4) is 0 Å². The van der Waals surface area contributed by atoms with Gasteiger partial charge in [-0.3, -0.25) is 9.59 Å². The second-order valence-corrected chi connectivity index (χ2v) is 4.86. The number of ether oxygens (including phenoxy) is 1. The maximum absolute atomic E-state index is 11.4. The van der Waals surface area contributed by atoms with Crippen LogP contribution in [0.4, 0.5) is 0 Å². The SMILES string of the molecule is CC(C)(C)OCC(=O)N[C@@H](CCC(N)=O)C(=O)O. The van der Waals surface area contributed by atoms with Gasteiger partial charge in [-0.05, 0) is 27.2 Å². The lowest BCUT2D eigenvalue weighted by Gasteiger charge is -2.20. The van der Waals surface area contributed by atoms with E-state index < -0.39 is 29.4 Å². The molecular formula is C11H20N2O5. The second-order valence-electron chi connectivity index (χ2n) is 4.86. The van der Waals surface area contributed by atoms with E-state index in [4.69, 9.17) is 15.6 Å². The molecule has 4 N–H and O–H groups in total. The first-order valence-electron chi connectivity index (χ1n) is 5.56. The molecular weight excluding hydrogens is 240 g/mol. The first-order valence-corrected chi connectivity index (χ1v) is 5.56. The third kappa shape index (κ3) is 8.51. The topological polar surface area (TPSA) is 119 Å². The molecule has 0 bridgehead atoms. The summed E-state index contributed by atoms with van der Waals surface area (Å²) in [5.74, 6) is -2.36. The standard InChI is InChI=1S/C11H20N2O5/c1-11(2,3)18-6-9(15)13-7(10(16)17)4-5-8(12)14/h7H,4-6H2,1-3H3,(H2,12,14)(H,13,15)(H,16,17)/t7-/m0/s1. The van der Waals surface area contributed by atoms with Crippen molar-refractivity contribution in [3.63, 3.8) is 0 Å². The smallest absolute Gasteiger partial charge is 0.326 e. The molecule has 0 aliphatic rings. The Labute approximate surface area is 106 Å². The number of aliphatic carboxylic acids is 1. The fraction of sp³-hybridized carbons (Fsp3) is 0.727. The summed E-state index contributed by atoms with van der Waals surface area (Å²) in [4.78, 5) is 32.8. The Kier molecular flexibility index (Phi) is 6.32. The molecule has 0 aromatic rings. The summed E-state index contributed by atoms with van der Waals surface area (Å²) in [5.41, 5.74) is 4.44. The maximum Gasteiger partial charge on any atom is 0.326 e. The van der Waals surface area contributed by atoms with Gasteiger partial charge in [-0.15, -0.1) is 0 Å². The Bertz CT molecular complexity index is 322. The molecule has 0 spiro atoms. The van der Waals surface area contributed by atoms with E-state index in [-0.39, 0.29) is 19.4 Å². The molecule has 0 aromatic heterocycles. The van der Waals surface area contributed by atoms with Gasteiger partial charge in [-0.1, -0.05) is 0 Å². The number of rotatable bonds is 7. The zero-order valence-electron chi connectivity index (χ0n) is 10.9. The molecule has 0 heterocycles. The minimum absolute atomic E-state index is 0.0358. The zero-order valence-corrected chi connectivity index (χ0v) is 10.9. The summed E-state index contributed by atoms with van der Waals surface area (Å²) < 4.78 is 5.20. The number of carboxylic acids is 1. The van der Waals surface area contributed by atoms with Gasteiger partial charge in [0.05, 0.1) is 5.60 Å². The third-order valence-electron chi connectivity index (χ3n) is 1.95. The predicted molar refractivity (Wildman–Crippen MR) is 63.7 cm³/mol. The Balaban J connectivity index is 4.20. The maximum atomic E-state index is 11.4. The van der Waals surface area contributed by atoms with Gasteiger partial charge in [0.15, 0.2) is 0 Å². The molecule has 2 amide bonds. The van der Waals surface area contributed by atoms with Crippen molar-refractivity contribution in [2.45, 2.75) is 45.3 Å². The molecule has 18 heavy (non-hydrogen) atoms. The fourth-order valence-electron chi connectivity index (χ4n) is 1.06. The molecule has 104 valence electrons. The van der Waals surface area contributed by atoms with Crippen LogP contribution >= 0.6 is 0 Å². The molecule has 0 aromatic carbocycles. The Hall–Kier alpha value is -1.63. The minimum atomic E-state index is -1.21. The van der Waals surface area contributed by atoms with E-state index in [0.717, 1.165) is 0 Å². The van der Waals surface area contributed by atoms with Gasteiger partial charge in [0.1, 0.15) is 12.6 Å². The number of hydrogen-bond donors (Lipinski definition) is 3. The largest absolute Gasteiger partial charge is 0.480 e. The lowest BCUT2D eigenvalue weighted by molar-refractivity contribution is -0.143. The number of hydrogen-bond acceptors (Lipinski definition) is 4. The molecule has 0 aliphatic carbocycles. The predicted octanol–water partition coefficient (Wildman–Crippen LogP) is -0.364. The highest BCUT2D eigenvalue weighted by molar-refractivity contribution is 5.84. The third-order valence-corrected chi connectivity index (χ3v) is 1.95. The van der Waals surface area contributed by atoms with E-state index in [9.17, 15) is 14.4 Å². The van der Waals surface area contributed by atoms with Gasteiger partial charge in [0.25, 0.3) is 0 Å². The van der Waals surface area contributed by atoms with Crippen LogP contribution in [0.25, 0.3) is 0 Å². The average Bonchev–Trinajstić information content (AvgIpc) is 2.19. The van der Waals surface area contributed by atoms with Crippen molar-refractivity contribution >= 4 is 17.8 Å². The Morgan fingerprint density at radius 1 is 1.33 bits per heavy atom. The van der Waals surface area contributed by atoms with Crippen LogP contribution in [-0.4, -0.2) is 41.1 Å². The van der Waals surface area contributed by atoms with E-state index in [1.807, 2.05) is 0 Å². The summed E-state index contributed by atoms with van der Waals surface area (Å²) in [6, 6.07) is -1.13. The number of primary amides is 1. The van der Waals surface area contributed by atoms with E-state index in [1.54, 1.807) is 20.8 Å². The summed E-state index contributed by atoms with van der Waals surface area (Å²) in [6.45, 7) is 5.11. The first kappa shape index (κ1) is 16.4. The second kappa shape index (κ2) is 6.95. The first-order chi connectivity index (χ1) is 8.11. The van der Waals surface area contributed by atoms with Gasteiger partial charge in [-0.25, -0.2) is 4.79 Å². The highest BCUT2D eigenvalue weighted by Gasteiger charge is 2.21. The minimum Gasteiger partial charge on any atom is -0.480 e. The van der Waals surface area contributed by atoms with E-state index >= 15 is 0 Å². The quantitative estimate of drug-likeness (QED) is 0.577. The van der Waals surface area contributed by atoms with Crippen LogP contribution in [0.5, 0.6) is 0 Å². The van der Waals surface area contributed by atoms with Gasteiger partial charge in [0, 0.05) is 6.42 Å². The molecule has 0 unspecified atom stereocenters. The van der Waals surface area contributed by atoms with Crippen LogP contribution in [0.15, 0.2) is 0 Å². The highest BCUT2D eigenvalue weighted by atomic mass is 16.5. The van der Waals surface area contributed by atoms with E-state index in [0.29, 0.717) is 0 Å². The monoisotopic (exact) mass is 260 g/mol. The average molecular weight is 260 g/mol. The summed E-state index contributed by atoms with van der Waals surface area (Å²) >= 11 is 0. The van der Waals surface area contributed by atoms with Crippen molar-refractivity contribution in [3.05, 3.63) is 0 Å². The van der Waals surface area contributed by atoms with Crippen LogP contribution in [0.3, 0.4) is 0 Å². The molecule has 7 heteroatoms. The number of nitrogens with two attached hydrogens (primary N) is 1. The molecule has 0 saturated heterocycles. The molecule has 7 nitrogen and oxygen atoms in total.